The number of fused-ring (bicyclic) bond motifs is 2. The molecule has 1 saturated heterocycles. The van der Waals surface area contributed by atoms with Crippen LogP contribution in [0, 0.1) is 6.92 Å². The summed E-state index contributed by atoms with van der Waals surface area (Å²) in [6.07, 6.45) is 7.10. The molecule has 0 bridgehead atoms. The van der Waals surface area contributed by atoms with Gasteiger partial charge in [-0.25, -0.2) is 9.78 Å². The number of anilines is 2. The molecular weight excluding hydrogens is 757 g/mol. The van der Waals surface area contributed by atoms with Crippen LogP contribution in [-0.2, 0) is 23.6 Å². The van der Waals surface area contributed by atoms with Gasteiger partial charge < -0.3 is 50.5 Å². The molecule has 5 amide bonds. The van der Waals surface area contributed by atoms with Crippen LogP contribution in [-0.4, -0.2) is 100 Å². The molecule has 310 valence electrons. The summed E-state index contributed by atoms with van der Waals surface area (Å²) in [5.41, 5.74) is 11.0. The van der Waals surface area contributed by atoms with Crippen molar-refractivity contribution in [2.75, 3.05) is 50.0 Å². The van der Waals surface area contributed by atoms with Gasteiger partial charge in [-0.2, -0.15) is 0 Å². The molecule has 1 atom stereocenters. The molecule has 2 aromatic heterocycles. The monoisotopic (exact) mass is 806 g/mol. The lowest BCUT2D eigenvalue weighted by Crippen LogP contribution is -2.35. The number of benzene rings is 2. The quantitative estimate of drug-likeness (QED) is 0.0751. The second-order valence-corrected chi connectivity index (χ2v) is 14.5. The highest BCUT2D eigenvalue weighted by Gasteiger charge is 2.34. The predicted octanol–water partition coefficient (Wildman–Crippen LogP) is 4.47. The first-order chi connectivity index (χ1) is 28.4. The van der Waals surface area contributed by atoms with Crippen molar-refractivity contribution in [1.29, 1.82) is 0 Å². The van der Waals surface area contributed by atoms with E-state index in [1.54, 1.807) is 66.3 Å². The Morgan fingerprint density at radius 3 is 2.47 bits per heavy atom. The smallest absolute Gasteiger partial charge is 0.407 e. The maximum Gasteiger partial charge on any atom is 0.407 e. The fourth-order valence-electron chi connectivity index (χ4n) is 6.73. The van der Waals surface area contributed by atoms with Crippen molar-refractivity contribution in [2.45, 2.75) is 45.1 Å². The summed E-state index contributed by atoms with van der Waals surface area (Å²) in [5, 5.41) is 11.0. The summed E-state index contributed by atoms with van der Waals surface area (Å²) in [6, 6.07) is 12.4. The Morgan fingerprint density at radius 1 is 0.915 bits per heavy atom. The standard InChI is InChI=1S/C42H50N10O7/c1-26-18-31-22-46-33-21-35(27(2)19-32(33)41(56)52(31)23-26)58-16-5-8-37(53)48-36-25-51(4)38(49-36)40(55)47-30-11-9-28(10-12-30)29-20-34(50(3)24-29)39(54)44-15-7-17-59-42(57)45-14-6-13-43/h9-12,19-22,24-25,31H,1,5-8,13-18,23,43H2,2-4H3,(H,44,54)(H,45,57)(H,47,55)(H,48,53)/t31-/m0/s1. The number of hydrogen-bond donors (Lipinski definition) is 5. The number of aryl methyl sites for hydroxylation is 3. The molecule has 59 heavy (non-hydrogen) atoms. The lowest BCUT2D eigenvalue weighted by molar-refractivity contribution is -0.116. The number of nitrogens with two attached hydrogens (primary N) is 1. The van der Waals surface area contributed by atoms with E-state index in [0.717, 1.165) is 22.3 Å². The summed E-state index contributed by atoms with van der Waals surface area (Å²) in [5.74, 6) is -0.121. The normalized spacial score (nSPS) is 14.3. The van der Waals surface area contributed by atoms with E-state index < -0.39 is 12.0 Å². The van der Waals surface area contributed by atoms with E-state index in [4.69, 9.17) is 15.2 Å². The van der Waals surface area contributed by atoms with Crippen LogP contribution < -0.4 is 31.7 Å². The SMILES string of the molecule is C=C1C[C@H]2C=Nc3cc(OCCCC(=O)Nc4cn(C)c(C(=O)Nc5ccc(-c6cc(C(=O)NCCCOC(=O)NCCCN)n(C)c6)cc5)n4)c(C)cc3C(=O)N2C1. The summed E-state index contributed by atoms with van der Waals surface area (Å²) < 4.78 is 14.3. The molecule has 2 aromatic carbocycles. The predicted molar refractivity (Wildman–Crippen MR) is 223 cm³/mol. The summed E-state index contributed by atoms with van der Waals surface area (Å²) in [4.78, 5) is 74.2. The van der Waals surface area contributed by atoms with Gasteiger partial charge in [-0.15, -0.1) is 0 Å². The zero-order chi connectivity index (χ0) is 42.1. The molecule has 0 aliphatic carbocycles. The van der Waals surface area contributed by atoms with Crippen molar-refractivity contribution >= 4 is 53.1 Å². The number of rotatable bonds is 17. The molecule has 0 radical (unpaired) electrons. The van der Waals surface area contributed by atoms with Crippen molar-refractivity contribution in [3.63, 3.8) is 0 Å². The molecule has 4 aromatic rings. The van der Waals surface area contributed by atoms with Crippen LogP contribution in [0.15, 0.2) is 72.0 Å². The lowest BCUT2D eigenvalue weighted by atomic mass is 10.1. The van der Waals surface area contributed by atoms with Crippen molar-refractivity contribution in [3.05, 3.63) is 89.7 Å². The Kier molecular flexibility index (Phi) is 13.6. The van der Waals surface area contributed by atoms with Crippen molar-refractivity contribution in [3.8, 4) is 16.9 Å². The molecule has 0 spiro atoms. The molecule has 4 heterocycles. The Labute approximate surface area is 342 Å². The van der Waals surface area contributed by atoms with Crippen LogP contribution in [0.1, 0.15) is 69.1 Å². The van der Waals surface area contributed by atoms with Gasteiger partial charge in [0.1, 0.15) is 11.4 Å². The average molecular weight is 807 g/mol. The van der Waals surface area contributed by atoms with Gasteiger partial charge in [0.15, 0.2) is 5.82 Å². The number of aromatic nitrogens is 3. The third kappa shape index (κ3) is 10.6. The van der Waals surface area contributed by atoms with Crippen LogP contribution >= 0.6 is 0 Å². The minimum atomic E-state index is -0.511. The second kappa shape index (κ2) is 19.1. The van der Waals surface area contributed by atoms with Crippen LogP contribution in [0.3, 0.4) is 0 Å². The maximum absolute atomic E-state index is 13.2. The van der Waals surface area contributed by atoms with Crippen molar-refractivity contribution in [2.24, 2.45) is 24.8 Å². The molecule has 17 heteroatoms. The van der Waals surface area contributed by atoms with Gasteiger partial charge in [0.05, 0.1) is 30.5 Å². The van der Waals surface area contributed by atoms with E-state index >= 15 is 0 Å². The van der Waals surface area contributed by atoms with Crippen molar-refractivity contribution < 1.29 is 33.4 Å². The van der Waals surface area contributed by atoms with E-state index in [1.165, 1.54) is 4.57 Å². The fraction of sp³-hybridized carbons (Fsp3) is 0.357. The average Bonchev–Trinajstić information content (AvgIpc) is 3.89. The molecule has 1 fully saturated rings. The Balaban J connectivity index is 0.935. The van der Waals surface area contributed by atoms with Gasteiger partial charge in [-0.05, 0) is 74.5 Å². The first kappa shape index (κ1) is 41.9. The number of ether oxygens (including phenoxy) is 2. The van der Waals surface area contributed by atoms with Crippen LogP contribution in [0.4, 0.5) is 22.0 Å². The van der Waals surface area contributed by atoms with E-state index in [2.05, 4.69) is 37.8 Å². The number of nitrogens with zero attached hydrogens (tertiary/aromatic N) is 5. The summed E-state index contributed by atoms with van der Waals surface area (Å²) in [6.45, 7) is 8.13. The minimum Gasteiger partial charge on any atom is -0.493 e. The minimum absolute atomic E-state index is 0.0694. The number of amides is 5. The third-order valence-corrected chi connectivity index (χ3v) is 9.82. The number of alkyl carbamates (subject to hydrolysis) is 1. The van der Waals surface area contributed by atoms with Gasteiger partial charge in [0.25, 0.3) is 17.7 Å². The number of imidazole rings is 1. The highest BCUT2D eigenvalue weighted by atomic mass is 16.5. The van der Waals surface area contributed by atoms with Gasteiger partial charge in [0, 0.05) is 76.1 Å². The molecule has 0 saturated carbocycles. The zero-order valence-electron chi connectivity index (χ0n) is 33.5. The second-order valence-electron chi connectivity index (χ2n) is 14.5. The van der Waals surface area contributed by atoms with Crippen LogP contribution in [0.2, 0.25) is 0 Å². The number of aliphatic imine (C=N–C) groups is 1. The number of nitrogens with one attached hydrogen (secondary N) is 4. The Hall–Kier alpha value is -6.75. The van der Waals surface area contributed by atoms with Crippen molar-refractivity contribution in [1.82, 2.24) is 29.7 Å². The van der Waals surface area contributed by atoms with E-state index in [9.17, 15) is 24.0 Å². The molecule has 17 nitrogen and oxygen atoms in total. The number of carbonyl (C=O) groups is 5. The molecule has 0 unspecified atom stereocenters. The number of hydrogen-bond acceptors (Lipinski definition) is 10. The largest absolute Gasteiger partial charge is 0.493 e. The molecule has 6 rings (SSSR count). The lowest BCUT2D eigenvalue weighted by Gasteiger charge is -2.20. The topological polar surface area (TPSA) is 216 Å². The maximum atomic E-state index is 13.2. The van der Waals surface area contributed by atoms with E-state index in [0.29, 0.717) is 80.2 Å². The molecule has 6 N–H and O–H groups in total. The van der Waals surface area contributed by atoms with Gasteiger partial charge in [-0.1, -0.05) is 24.3 Å². The third-order valence-electron chi connectivity index (χ3n) is 9.82. The zero-order valence-corrected chi connectivity index (χ0v) is 33.5. The summed E-state index contributed by atoms with van der Waals surface area (Å²) >= 11 is 0. The van der Waals surface area contributed by atoms with Crippen LogP contribution in [0.25, 0.3) is 11.1 Å². The molecule has 2 aliphatic rings. The fourth-order valence-corrected chi connectivity index (χ4v) is 6.73. The first-order valence-electron chi connectivity index (χ1n) is 19.5. The van der Waals surface area contributed by atoms with E-state index in [1.807, 2.05) is 25.3 Å². The highest BCUT2D eigenvalue weighted by Crippen LogP contribution is 2.35. The van der Waals surface area contributed by atoms with Gasteiger partial charge in [0.2, 0.25) is 11.7 Å². The van der Waals surface area contributed by atoms with Crippen LogP contribution in [0.5, 0.6) is 5.75 Å². The van der Waals surface area contributed by atoms with Gasteiger partial charge >= 0.3 is 6.09 Å². The Morgan fingerprint density at radius 2 is 1.69 bits per heavy atom. The van der Waals surface area contributed by atoms with Gasteiger partial charge in [-0.3, -0.25) is 24.2 Å². The Bertz CT molecular complexity index is 2260. The summed E-state index contributed by atoms with van der Waals surface area (Å²) in [7, 11) is 3.44. The molecule has 2 aliphatic heterocycles. The molecular formula is C42H50N10O7. The first-order valence-corrected chi connectivity index (χ1v) is 19.5. The number of carbonyl (C=O) groups excluding carboxylic acids is 5. The highest BCUT2D eigenvalue weighted by molar-refractivity contribution is 6.04. The van der Waals surface area contributed by atoms with E-state index in [-0.39, 0.29) is 55.0 Å².